The molecule has 0 spiro atoms. The number of carbonyl (C=O) groups is 1. The van der Waals surface area contributed by atoms with Gasteiger partial charge in [0.15, 0.2) is 5.84 Å². The predicted molar refractivity (Wildman–Crippen MR) is 82.3 cm³/mol. The summed E-state index contributed by atoms with van der Waals surface area (Å²) in [6.07, 6.45) is 3.03. The van der Waals surface area contributed by atoms with Crippen molar-refractivity contribution >= 4 is 23.3 Å². The van der Waals surface area contributed by atoms with E-state index >= 15 is 0 Å². The fourth-order valence-corrected chi connectivity index (χ4v) is 2.97. The highest BCUT2D eigenvalue weighted by Gasteiger charge is 2.45. The molecule has 1 aliphatic carbocycles. The van der Waals surface area contributed by atoms with Crippen molar-refractivity contribution in [2.45, 2.75) is 38.6 Å². The number of hydrogen-bond acceptors (Lipinski definition) is 3. The molecule has 1 atom stereocenters. The van der Waals surface area contributed by atoms with Crippen LogP contribution in [0.3, 0.4) is 0 Å². The minimum atomic E-state index is -0.880. The molecule has 21 heavy (non-hydrogen) atoms. The fraction of sp³-hybridized carbons (Fsp3) is 0.467. The molecule has 0 aromatic heterocycles. The number of benzene rings is 1. The number of amides is 1. The standard InChI is InChI=1S/C15H20ClN3O2/c1-10(11-4-6-12(16)7-5-11)18-14(20)15(13(17)19-21)8-2-3-9-15/h4-7,10,21H,2-3,8-9H2,1H3,(H2,17,19)(H,18,20). The van der Waals surface area contributed by atoms with E-state index in [0.29, 0.717) is 17.9 Å². The summed E-state index contributed by atoms with van der Waals surface area (Å²) >= 11 is 5.86. The lowest BCUT2D eigenvalue weighted by Gasteiger charge is -2.28. The predicted octanol–water partition coefficient (Wildman–Crippen LogP) is 2.82. The summed E-state index contributed by atoms with van der Waals surface area (Å²) in [6, 6.07) is 7.15. The van der Waals surface area contributed by atoms with Crippen LogP contribution in [0.25, 0.3) is 0 Å². The molecule has 1 aliphatic rings. The number of nitrogens with one attached hydrogen (secondary N) is 1. The Morgan fingerprint density at radius 3 is 2.48 bits per heavy atom. The summed E-state index contributed by atoms with van der Waals surface area (Å²) in [5.74, 6) is -0.182. The van der Waals surface area contributed by atoms with Gasteiger partial charge in [0.05, 0.1) is 6.04 Å². The van der Waals surface area contributed by atoms with Gasteiger partial charge in [0, 0.05) is 5.02 Å². The molecule has 5 nitrogen and oxygen atoms in total. The quantitative estimate of drug-likeness (QED) is 0.346. The highest BCUT2D eigenvalue weighted by molar-refractivity contribution is 6.30. The SMILES string of the molecule is CC(NC(=O)C1(C(N)=NO)CCCC1)c1ccc(Cl)cc1. The van der Waals surface area contributed by atoms with Gasteiger partial charge in [0.1, 0.15) is 5.41 Å². The Bertz CT molecular complexity index is 536. The first kappa shape index (κ1) is 15.6. The van der Waals surface area contributed by atoms with Gasteiger partial charge >= 0.3 is 0 Å². The minimum absolute atomic E-state index is 0.000746. The molecule has 1 unspecified atom stereocenters. The van der Waals surface area contributed by atoms with E-state index in [4.69, 9.17) is 22.5 Å². The van der Waals surface area contributed by atoms with Crippen LogP contribution in [0, 0.1) is 5.41 Å². The molecule has 0 aliphatic heterocycles. The van der Waals surface area contributed by atoms with E-state index < -0.39 is 5.41 Å². The van der Waals surface area contributed by atoms with Crippen LogP contribution >= 0.6 is 11.6 Å². The van der Waals surface area contributed by atoms with Gasteiger partial charge in [-0.05, 0) is 37.5 Å². The average Bonchev–Trinajstić information content (AvgIpc) is 2.97. The van der Waals surface area contributed by atoms with E-state index in [0.717, 1.165) is 18.4 Å². The summed E-state index contributed by atoms with van der Waals surface area (Å²) < 4.78 is 0. The summed E-state index contributed by atoms with van der Waals surface area (Å²) in [5.41, 5.74) is 5.85. The van der Waals surface area contributed by atoms with Crippen molar-refractivity contribution in [1.82, 2.24) is 5.32 Å². The molecule has 1 fully saturated rings. The second-order valence-corrected chi connectivity index (χ2v) is 5.96. The van der Waals surface area contributed by atoms with Gasteiger partial charge in [-0.3, -0.25) is 4.79 Å². The highest BCUT2D eigenvalue weighted by Crippen LogP contribution is 2.39. The zero-order valence-electron chi connectivity index (χ0n) is 12.0. The molecule has 1 saturated carbocycles. The Labute approximate surface area is 129 Å². The maximum absolute atomic E-state index is 12.6. The Hall–Kier alpha value is -1.75. The van der Waals surface area contributed by atoms with Crippen LogP contribution in [0.2, 0.25) is 5.02 Å². The number of hydrogen-bond donors (Lipinski definition) is 3. The van der Waals surface area contributed by atoms with Crippen LogP contribution in [-0.4, -0.2) is 17.0 Å². The lowest BCUT2D eigenvalue weighted by molar-refractivity contribution is -0.128. The second-order valence-electron chi connectivity index (χ2n) is 5.52. The first-order chi connectivity index (χ1) is 9.99. The monoisotopic (exact) mass is 309 g/mol. The number of halogens is 1. The first-order valence-corrected chi connectivity index (χ1v) is 7.42. The second kappa shape index (κ2) is 6.35. The van der Waals surface area contributed by atoms with E-state index in [1.165, 1.54) is 0 Å². The molecule has 2 rings (SSSR count). The fourth-order valence-electron chi connectivity index (χ4n) is 2.84. The number of nitrogens with two attached hydrogens (primary N) is 1. The molecule has 0 saturated heterocycles. The molecule has 0 heterocycles. The smallest absolute Gasteiger partial charge is 0.234 e. The molecule has 4 N–H and O–H groups in total. The molecule has 0 radical (unpaired) electrons. The summed E-state index contributed by atoms with van der Waals surface area (Å²) in [6.45, 7) is 1.90. The van der Waals surface area contributed by atoms with Gasteiger partial charge in [-0.15, -0.1) is 0 Å². The van der Waals surface area contributed by atoms with Gasteiger partial charge in [-0.2, -0.15) is 0 Å². The van der Waals surface area contributed by atoms with E-state index in [2.05, 4.69) is 10.5 Å². The number of nitrogens with zero attached hydrogens (tertiary/aromatic N) is 1. The first-order valence-electron chi connectivity index (χ1n) is 7.04. The van der Waals surface area contributed by atoms with Crippen molar-refractivity contribution in [3.63, 3.8) is 0 Å². The largest absolute Gasteiger partial charge is 0.409 e. The van der Waals surface area contributed by atoms with E-state index in [1.54, 1.807) is 12.1 Å². The lowest BCUT2D eigenvalue weighted by Crippen LogP contribution is -2.48. The molecule has 0 bridgehead atoms. The van der Waals surface area contributed by atoms with Gasteiger partial charge < -0.3 is 16.3 Å². The number of oxime groups is 1. The lowest BCUT2D eigenvalue weighted by atomic mass is 9.83. The average molecular weight is 310 g/mol. The molecular weight excluding hydrogens is 290 g/mol. The Kier molecular flexibility index (Phi) is 4.73. The third-order valence-electron chi connectivity index (χ3n) is 4.21. The van der Waals surface area contributed by atoms with Crippen LogP contribution in [0.4, 0.5) is 0 Å². The Morgan fingerprint density at radius 1 is 1.38 bits per heavy atom. The Balaban J connectivity index is 2.14. The third kappa shape index (κ3) is 3.13. The van der Waals surface area contributed by atoms with Crippen molar-refractivity contribution in [1.29, 1.82) is 0 Å². The van der Waals surface area contributed by atoms with Crippen LogP contribution < -0.4 is 11.1 Å². The summed E-state index contributed by atoms with van der Waals surface area (Å²) in [5, 5.41) is 15.6. The van der Waals surface area contributed by atoms with Crippen LogP contribution in [0.1, 0.15) is 44.2 Å². The van der Waals surface area contributed by atoms with Crippen molar-refractivity contribution in [3.05, 3.63) is 34.9 Å². The van der Waals surface area contributed by atoms with Crippen molar-refractivity contribution in [3.8, 4) is 0 Å². The summed E-state index contributed by atoms with van der Waals surface area (Å²) in [7, 11) is 0. The third-order valence-corrected chi connectivity index (χ3v) is 4.46. The van der Waals surface area contributed by atoms with Gasteiger partial charge in [-0.1, -0.05) is 41.7 Å². The van der Waals surface area contributed by atoms with Crippen LogP contribution in [-0.2, 0) is 4.79 Å². The maximum atomic E-state index is 12.6. The van der Waals surface area contributed by atoms with Gasteiger partial charge in [-0.25, -0.2) is 0 Å². The molecule has 1 aromatic carbocycles. The molecule has 6 heteroatoms. The van der Waals surface area contributed by atoms with Crippen LogP contribution in [0.15, 0.2) is 29.4 Å². The number of amidine groups is 1. The zero-order valence-corrected chi connectivity index (χ0v) is 12.7. The van der Waals surface area contributed by atoms with Crippen molar-refractivity contribution < 1.29 is 10.0 Å². The zero-order chi connectivity index (χ0) is 15.5. The molecule has 1 aromatic rings. The molecule has 114 valence electrons. The minimum Gasteiger partial charge on any atom is -0.409 e. The topological polar surface area (TPSA) is 87.7 Å². The van der Waals surface area contributed by atoms with Crippen molar-refractivity contribution in [2.24, 2.45) is 16.3 Å². The van der Waals surface area contributed by atoms with Crippen LogP contribution in [0.5, 0.6) is 0 Å². The normalized spacial score (nSPS) is 19.2. The molecule has 1 amide bonds. The van der Waals surface area contributed by atoms with E-state index in [-0.39, 0.29) is 17.8 Å². The van der Waals surface area contributed by atoms with E-state index in [1.807, 2.05) is 19.1 Å². The maximum Gasteiger partial charge on any atom is 0.234 e. The van der Waals surface area contributed by atoms with E-state index in [9.17, 15) is 4.79 Å². The highest BCUT2D eigenvalue weighted by atomic mass is 35.5. The summed E-state index contributed by atoms with van der Waals surface area (Å²) in [4.78, 5) is 12.6. The number of rotatable bonds is 4. The van der Waals surface area contributed by atoms with Gasteiger partial charge in [0.2, 0.25) is 5.91 Å². The van der Waals surface area contributed by atoms with Crippen molar-refractivity contribution in [2.75, 3.05) is 0 Å². The number of carbonyl (C=O) groups excluding carboxylic acids is 1. The Morgan fingerprint density at radius 2 is 1.95 bits per heavy atom. The van der Waals surface area contributed by atoms with Gasteiger partial charge in [0.25, 0.3) is 0 Å². The molecular formula is C15H20ClN3O2.